The molecule has 0 aliphatic carbocycles. The number of phenolic OH excluding ortho intramolecular Hbond substituents is 1. The normalized spacial score (nSPS) is 13.3. The Morgan fingerprint density at radius 3 is 2.42 bits per heavy atom. The lowest BCUT2D eigenvalue weighted by Gasteiger charge is -2.14. The molecule has 0 aromatic heterocycles. The van der Waals surface area contributed by atoms with E-state index in [9.17, 15) is 23.1 Å². The number of carboxylic acids is 1. The smallest absolute Gasteiger partial charge is 0.416 e. The molecule has 0 spiro atoms. The second-order valence-corrected chi connectivity index (χ2v) is 4.46. The van der Waals surface area contributed by atoms with E-state index in [1.807, 2.05) is 0 Å². The van der Waals surface area contributed by atoms with E-state index in [0.29, 0.717) is 18.1 Å². The zero-order valence-electron chi connectivity index (χ0n) is 10.4. The van der Waals surface area contributed by atoms with Gasteiger partial charge >= 0.3 is 12.1 Å². The van der Waals surface area contributed by atoms with Gasteiger partial charge in [0, 0.05) is 6.42 Å². The number of rotatable bonds is 5. The molecule has 1 aromatic rings. The van der Waals surface area contributed by atoms with Crippen molar-refractivity contribution in [3.63, 3.8) is 0 Å². The Kier molecular flexibility index (Phi) is 4.80. The van der Waals surface area contributed by atoms with Gasteiger partial charge in [-0.15, -0.1) is 0 Å². The quantitative estimate of drug-likeness (QED) is 0.866. The zero-order chi connectivity index (χ0) is 14.6. The van der Waals surface area contributed by atoms with Crippen LogP contribution in [0, 0.1) is 5.92 Å². The van der Waals surface area contributed by atoms with E-state index in [1.54, 1.807) is 6.92 Å². The predicted molar refractivity (Wildman–Crippen MR) is 62.8 cm³/mol. The lowest BCUT2D eigenvalue weighted by atomic mass is 9.93. The molecule has 6 heteroatoms. The molecule has 0 heterocycles. The minimum Gasteiger partial charge on any atom is -0.508 e. The third-order valence-electron chi connectivity index (χ3n) is 2.87. The highest BCUT2D eigenvalue weighted by Gasteiger charge is 2.31. The van der Waals surface area contributed by atoms with Crippen molar-refractivity contribution in [1.29, 1.82) is 0 Å². The Bertz CT molecular complexity index is 455. The summed E-state index contributed by atoms with van der Waals surface area (Å²) in [5.41, 5.74) is -0.631. The standard InChI is InChI=1S/C13H15F3O3/c1-2-8(6-12(18)19)3-9-4-10(13(14,15)16)7-11(17)5-9/h4-5,7-8,17H,2-3,6H2,1H3,(H,18,19)/t8-/m0/s1. The van der Waals surface area contributed by atoms with E-state index < -0.39 is 23.5 Å². The van der Waals surface area contributed by atoms with Gasteiger partial charge in [0.1, 0.15) is 5.75 Å². The number of hydrogen-bond acceptors (Lipinski definition) is 2. The molecule has 0 aliphatic rings. The zero-order valence-corrected chi connectivity index (χ0v) is 10.4. The summed E-state index contributed by atoms with van der Waals surface area (Å²) in [4.78, 5) is 10.6. The first-order chi connectivity index (χ1) is 8.72. The molecule has 0 saturated heterocycles. The number of carboxylic acid groups (broad SMARTS) is 1. The van der Waals surface area contributed by atoms with Crippen molar-refractivity contribution in [2.24, 2.45) is 5.92 Å². The third-order valence-corrected chi connectivity index (χ3v) is 2.87. The van der Waals surface area contributed by atoms with Gasteiger partial charge in [-0.1, -0.05) is 13.3 Å². The topological polar surface area (TPSA) is 57.5 Å². The maximum absolute atomic E-state index is 12.6. The van der Waals surface area contributed by atoms with Gasteiger partial charge < -0.3 is 10.2 Å². The molecule has 1 atom stereocenters. The molecule has 3 nitrogen and oxygen atoms in total. The van der Waals surface area contributed by atoms with Crippen LogP contribution < -0.4 is 0 Å². The number of aliphatic carboxylic acids is 1. The molecular weight excluding hydrogens is 261 g/mol. The van der Waals surface area contributed by atoms with Gasteiger partial charge in [-0.05, 0) is 36.1 Å². The molecule has 0 radical (unpaired) electrons. The Balaban J connectivity index is 2.94. The minimum absolute atomic E-state index is 0.104. The van der Waals surface area contributed by atoms with Crippen molar-refractivity contribution >= 4 is 5.97 Å². The molecular formula is C13H15F3O3. The highest BCUT2D eigenvalue weighted by atomic mass is 19.4. The van der Waals surface area contributed by atoms with Crippen molar-refractivity contribution < 1.29 is 28.2 Å². The fraction of sp³-hybridized carbons (Fsp3) is 0.462. The molecule has 0 unspecified atom stereocenters. The fourth-order valence-corrected chi connectivity index (χ4v) is 1.90. The summed E-state index contributed by atoms with van der Waals surface area (Å²) in [6, 6.07) is 2.84. The average molecular weight is 276 g/mol. The van der Waals surface area contributed by atoms with Crippen LogP contribution in [0.2, 0.25) is 0 Å². The number of halogens is 3. The molecule has 0 bridgehead atoms. The number of carbonyl (C=O) groups is 1. The largest absolute Gasteiger partial charge is 0.508 e. The molecule has 1 aromatic carbocycles. The lowest BCUT2D eigenvalue weighted by Crippen LogP contribution is -2.11. The van der Waals surface area contributed by atoms with Crippen molar-refractivity contribution in [2.75, 3.05) is 0 Å². The summed E-state index contributed by atoms with van der Waals surface area (Å²) in [7, 11) is 0. The van der Waals surface area contributed by atoms with Crippen LogP contribution in [0.5, 0.6) is 5.75 Å². The van der Waals surface area contributed by atoms with Crippen LogP contribution in [-0.4, -0.2) is 16.2 Å². The van der Waals surface area contributed by atoms with Crippen molar-refractivity contribution in [2.45, 2.75) is 32.4 Å². The van der Waals surface area contributed by atoms with Crippen molar-refractivity contribution in [3.05, 3.63) is 29.3 Å². The second-order valence-electron chi connectivity index (χ2n) is 4.46. The molecule has 106 valence electrons. The summed E-state index contributed by atoms with van der Waals surface area (Å²) in [5.74, 6) is -1.70. The van der Waals surface area contributed by atoms with Gasteiger partial charge in [-0.3, -0.25) is 4.79 Å². The van der Waals surface area contributed by atoms with Gasteiger partial charge in [-0.25, -0.2) is 0 Å². The van der Waals surface area contributed by atoms with Gasteiger partial charge in [0.15, 0.2) is 0 Å². The monoisotopic (exact) mass is 276 g/mol. The number of alkyl halides is 3. The Hall–Kier alpha value is -1.72. The van der Waals surface area contributed by atoms with Crippen LogP contribution in [0.1, 0.15) is 30.9 Å². The maximum Gasteiger partial charge on any atom is 0.416 e. The molecule has 1 rings (SSSR count). The number of benzene rings is 1. The Labute approximate surface area is 108 Å². The van der Waals surface area contributed by atoms with E-state index >= 15 is 0 Å². The molecule has 0 saturated carbocycles. The van der Waals surface area contributed by atoms with E-state index in [-0.39, 0.29) is 18.8 Å². The molecule has 0 fully saturated rings. The number of phenols is 1. The Morgan fingerprint density at radius 1 is 1.32 bits per heavy atom. The van der Waals surface area contributed by atoms with Gasteiger partial charge in [0.2, 0.25) is 0 Å². The first-order valence-corrected chi connectivity index (χ1v) is 5.84. The molecule has 2 N–H and O–H groups in total. The lowest BCUT2D eigenvalue weighted by molar-refractivity contribution is -0.139. The first-order valence-electron chi connectivity index (χ1n) is 5.84. The minimum atomic E-state index is -4.53. The summed E-state index contributed by atoms with van der Waals surface area (Å²) < 4.78 is 37.7. The van der Waals surface area contributed by atoms with Gasteiger partial charge in [-0.2, -0.15) is 13.2 Å². The van der Waals surface area contributed by atoms with Crippen LogP contribution in [0.25, 0.3) is 0 Å². The molecule has 19 heavy (non-hydrogen) atoms. The molecule has 0 amide bonds. The highest BCUT2D eigenvalue weighted by Crippen LogP contribution is 2.33. The van der Waals surface area contributed by atoms with E-state index in [4.69, 9.17) is 5.11 Å². The van der Waals surface area contributed by atoms with E-state index in [2.05, 4.69) is 0 Å². The van der Waals surface area contributed by atoms with E-state index in [0.717, 1.165) is 6.07 Å². The predicted octanol–water partition coefficient (Wildman–Crippen LogP) is 3.45. The van der Waals surface area contributed by atoms with Crippen LogP contribution >= 0.6 is 0 Å². The maximum atomic E-state index is 12.6. The van der Waals surface area contributed by atoms with Crippen LogP contribution in [0.4, 0.5) is 13.2 Å². The van der Waals surface area contributed by atoms with Crippen LogP contribution in [0.3, 0.4) is 0 Å². The van der Waals surface area contributed by atoms with Crippen molar-refractivity contribution in [1.82, 2.24) is 0 Å². The summed E-state index contributed by atoms with van der Waals surface area (Å²) >= 11 is 0. The summed E-state index contributed by atoms with van der Waals surface area (Å²) in [6.07, 6.45) is -3.89. The number of aromatic hydroxyl groups is 1. The highest BCUT2D eigenvalue weighted by molar-refractivity contribution is 5.67. The third kappa shape index (κ3) is 4.81. The summed E-state index contributed by atoms with van der Waals surface area (Å²) in [5, 5.41) is 18.0. The van der Waals surface area contributed by atoms with Gasteiger partial charge in [0.05, 0.1) is 5.56 Å². The van der Waals surface area contributed by atoms with E-state index in [1.165, 1.54) is 6.07 Å². The van der Waals surface area contributed by atoms with Crippen molar-refractivity contribution in [3.8, 4) is 5.75 Å². The second kappa shape index (κ2) is 5.95. The van der Waals surface area contributed by atoms with Gasteiger partial charge in [0.25, 0.3) is 0 Å². The average Bonchev–Trinajstić information content (AvgIpc) is 2.25. The van der Waals surface area contributed by atoms with Crippen LogP contribution in [0.15, 0.2) is 18.2 Å². The molecule has 0 aliphatic heterocycles. The SMILES string of the molecule is CC[C@H](CC(=O)O)Cc1cc(O)cc(C(F)(F)F)c1. The Morgan fingerprint density at radius 2 is 1.95 bits per heavy atom. The van der Waals surface area contributed by atoms with Crippen LogP contribution in [-0.2, 0) is 17.4 Å². The first kappa shape index (κ1) is 15.3. The fourth-order valence-electron chi connectivity index (χ4n) is 1.90. The summed E-state index contributed by atoms with van der Waals surface area (Å²) in [6.45, 7) is 1.78. The number of hydrogen-bond donors (Lipinski definition) is 2.